The molecule has 3 saturated heterocycles. The summed E-state index contributed by atoms with van der Waals surface area (Å²) in [6, 6.07) is -0.969. The van der Waals surface area contributed by atoms with E-state index in [0.717, 1.165) is 44.9 Å². The van der Waals surface area contributed by atoms with Gasteiger partial charge in [0, 0.05) is 6.42 Å². The lowest BCUT2D eigenvalue weighted by Gasteiger charge is -2.48. The van der Waals surface area contributed by atoms with Crippen LogP contribution >= 0.6 is 0 Å². The fourth-order valence-corrected chi connectivity index (χ4v) is 13.2. The van der Waals surface area contributed by atoms with E-state index in [4.69, 9.17) is 28.4 Å². The van der Waals surface area contributed by atoms with Crippen molar-refractivity contribution in [2.24, 2.45) is 0 Å². The van der Waals surface area contributed by atoms with Gasteiger partial charge in [-0.25, -0.2) is 0 Å². The summed E-state index contributed by atoms with van der Waals surface area (Å²) < 4.78 is 34.4. The van der Waals surface area contributed by atoms with Crippen molar-refractivity contribution in [3.8, 4) is 0 Å². The van der Waals surface area contributed by atoms with E-state index in [2.05, 4.69) is 19.2 Å². The summed E-state index contributed by atoms with van der Waals surface area (Å²) in [6.07, 6.45) is 36.2. The molecule has 3 fully saturated rings. The number of unbranched alkanes of at least 4 members (excludes halogenated alkanes) is 44. The summed E-state index contributed by atoms with van der Waals surface area (Å²) >= 11 is 0. The monoisotopic (exact) mass is 1320 g/mol. The lowest BCUT2D eigenvalue weighted by Crippen LogP contribution is -2.66. The highest BCUT2D eigenvalue weighted by Crippen LogP contribution is 2.33. The quantitative estimate of drug-likeness (QED) is 0.0199. The van der Waals surface area contributed by atoms with Gasteiger partial charge in [0.2, 0.25) is 5.91 Å². The first-order chi connectivity index (χ1) is 44.8. The molecule has 12 N–H and O–H groups in total. The number of hydrogen-bond donors (Lipinski definition) is 12. The van der Waals surface area contributed by atoms with Crippen molar-refractivity contribution in [1.29, 1.82) is 0 Å². The van der Waals surface area contributed by atoms with Crippen LogP contribution in [0.25, 0.3) is 0 Å². The number of allylic oxidation sites excluding steroid dienone is 1. The summed E-state index contributed by atoms with van der Waals surface area (Å²) in [5, 5.41) is 121. The highest BCUT2D eigenvalue weighted by molar-refractivity contribution is 5.76. The van der Waals surface area contributed by atoms with E-state index in [-0.39, 0.29) is 18.9 Å². The Morgan fingerprint density at radius 2 is 0.674 bits per heavy atom. The van der Waals surface area contributed by atoms with Gasteiger partial charge in [-0.1, -0.05) is 302 Å². The van der Waals surface area contributed by atoms with Gasteiger partial charge in [0.05, 0.1) is 38.6 Å². The maximum atomic E-state index is 13.4. The van der Waals surface area contributed by atoms with Crippen LogP contribution in [0.5, 0.6) is 0 Å². The number of aliphatic hydroxyl groups excluding tert-OH is 11. The summed E-state index contributed by atoms with van der Waals surface area (Å²) in [5.41, 5.74) is 0. The predicted octanol–water partition coefficient (Wildman–Crippen LogP) is 11.2. The predicted molar refractivity (Wildman–Crippen MR) is 360 cm³/mol. The van der Waals surface area contributed by atoms with Crippen LogP contribution in [-0.4, -0.2) is 193 Å². The molecule has 0 spiro atoms. The van der Waals surface area contributed by atoms with Crippen molar-refractivity contribution in [2.45, 2.75) is 420 Å². The molecule has 3 aliphatic heterocycles. The van der Waals surface area contributed by atoms with E-state index in [9.17, 15) is 61.0 Å². The lowest BCUT2D eigenvalue weighted by molar-refractivity contribution is -0.379. The third-order valence-electron chi connectivity index (χ3n) is 19.3. The van der Waals surface area contributed by atoms with Crippen LogP contribution < -0.4 is 5.32 Å². The van der Waals surface area contributed by atoms with Gasteiger partial charge in [0.1, 0.15) is 73.2 Å². The van der Waals surface area contributed by atoms with E-state index >= 15 is 0 Å². The third kappa shape index (κ3) is 36.4. The average Bonchev–Trinajstić information content (AvgIpc) is 0.863. The standard InChI is InChI=1S/C73H139NO18/c1-3-5-7-9-11-13-15-17-19-21-23-25-27-28-29-31-33-35-37-39-41-43-45-47-49-51-61(79)74-56(57(78)50-48-46-44-42-40-38-36-34-32-30-26-24-22-20-18-16-14-12-10-8-6-4-2)55-87-71-67(85)64(82)69(59(53-76)89-71)92-73-68(86)65(83)70(60(54-77)90-73)91-72-66(84)63(81)62(80)58(52-75)88-72/h48,50,56-60,62-73,75-78,80-86H,3-47,49,51-55H2,1-2H3,(H,74,79)/b50-48+. The molecule has 17 unspecified atom stereocenters. The molecule has 0 aliphatic carbocycles. The smallest absolute Gasteiger partial charge is 0.220 e. The second-order valence-corrected chi connectivity index (χ2v) is 27.5. The molecule has 3 rings (SSSR count). The second-order valence-electron chi connectivity index (χ2n) is 27.5. The Bertz CT molecular complexity index is 1720. The van der Waals surface area contributed by atoms with Crippen molar-refractivity contribution in [1.82, 2.24) is 5.32 Å². The van der Waals surface area contributed by atoms with Crippen LogP contribution in [0.15, 0.2) is 12.2 Å². The van der Waals surface area contributed by atoms with Crippen LogP contribution in [0.1, 0.15) is 316 Å². The average molecular weight is 1320 g/mol. The summed E-state index contributed by atoms with van der Waals surface area (Å²) in [4.78, 5) is 13.4. The summed E-state index contributed by atoms with van der Waals surface area (Å²) in [5.74, 6) is -0.267. The van der Waals surface area contributed by atoms with Gasteiger partial charge in [-0.15, -0.1) is 0 Å². The van der Waals surface area contributed by atoms with Gasteiger partial charge >= 0.3 is 0 Å². The molecule has 19 nitrogen and oxygen atoms in total. The summed E-state index contributed by atoms with van der Waals surface area (Å²) in [6.45, 7) is 1.79. The number of aliphatic hydroxyl groups is 11. The molecule has 0 bridgehead atoms. The minimum absolute atomic E-state index is 0.250. The Morgan fingerprint density at radius 1 is 0.380 bits per heavy atom. The highest BCUT2D eigenvalue weighted by Gasteiger charge is 2.53. The molecule has 0 radical (unpaired) electrons. The number of nitrogens with one attached hydrogen (secondary N) is 1. The molecule has 0 aromatic rings. The maximum Gasteiger partial charge on any atom is 0.220 e. The van der Waals surface area contributed by atoms with E-state index in [1.165, 1.54) is 244 Å². The molecule has 19 heteroatoms. The topological polar surface area (TPSA) is 307 Å². The maximum absolute atomic E-state index is 13.4. The Labute approximate surface area is 556 Å². The van der Waals surface area contributed by atoms with E-state index in [1.54, 1.807) is 6.08 Å². The van der Waals surface area contributed by atoms with Crippen LogP contribution in [0.2, 0.25) is 0 Å². The lowest BCUT2D eigenvalue weighted by atomic mass is 9.96. The Hall–Kier alpha value is -1.47. The SMILES string of the molecule is CCCCCCCCCCCCCCCCCCCCCC/C=C/C(O)C(COC1OC(CO)C(OC2OC(CO)C(OC3OC(CO)C(O)C(O)C3O)C(O)C2O)C(O)C1O)NC(=O)CCCCCCCCCCCCCCCCCCCCCCCCCCC. The molecule has 3 aliphatic rings. The first kappa shape index (κ1) is 84.8. The Kier molecular flexibility index (Phi) is 51.0. The van der Waals surface area contributed by atoms with E-state index in [1.807, 2.05) is 6.08 Å². The number of rotatable bonds is 60. The zero-order valence-electron chi connectivity index (χ0n) is 57.8. The number of carbonyl (C=O) groups is 1. The third-order valence-corrected chi connectivity index (χ3v) is 19.3. The van der Waals surface area contributed by atoms with Crippen LogP contribution in [0.3, 0.4) is 0 Å². The Balaban J connectivity index is 1.41. The van der Waals surface area contributed by atoms with Gasteiger partial charge in [0.15, 0.2) is 18.9 Å². The molecule has 0 aromatic carbocycles. The van der Waals surface area contributed by atoms with Gasteiger partial charge in [-0.05, 0) is 19.3 Å². The van der Waals surface area contributed by atoms with Gasteiger partial charge in [0.25, 0.3) is 0 Å². The first-order valence-corrected chi connectivity index (χ1v) is 37.9. The molecule has 0 aromatic heterocycles. The second kappa shape index (κ2) is 55.4. The highest BCUT2D eigenvalue weighted by atomic mass is 16.8. The molecule has 92 heavy (non-hydrogen) atoms. The van der Waals surface area contributed by atoms with Crippen LogP contribution in [0.4, 0.5) is 0 Å². The zero-order valence-corrected chi connectivity index (χ0v) is 57.8. The number of carbonyl (C=O) groups excluding carboxylic acids is 1. The van der Waals surface area contributed by atoms with Crippen LogP contribution in [0, 0.1) is 0 Å². The van der Waals surface area contributed by atoms with Crippen molar-refractivity contribution >= 4 is 5.91 Å². The minimum Gasteiger partial charge on any atom is -0.394 e. The molecule has 3 heterocycles. The van der Waals surface area contributed by atoms with Crippen molar-refractivity contribution < 1.29 is 89.4 Å². The fraction of sp³-hybridized carbons (Fsp3) is 0.959. The minimum atomic E-state index is -1.98. The molecule has 1 amide bonds. The first-order valence-electron chi connectivity index (χ1n) is 37.9. The van der Waals surface area contributed by atoms with Gasteiger partial charge in [-0.2, -0.15) is 0 Å². The van der Waals surface area contributed by atoms with Crippen molar-refractivity contribution in [3.63, 3.8) is 0 Å². The number of amides is 1. The van der Waals surface area contributed by atoms with Gasteiger partial charge < -0.3 is 89.9 Å². The zero-order chi connectivity index (χ0) is 66.8. The van der Waals surface area contributed by atoms with Crippen LogP contribution in [-0.2, 0) is 33.2 Å². The normalized spacial score (nSPS) is 27.7. The fourth-order valence-electron chi connectivity index (χ4n) is 13.2. The van der Waals surface area contributed by atoms with E-state index < -0.39 is 124 Å². The number of ether oxygens (including phenoxy) is 6. The Morgan fingerprint density at radius 3 is 1.02 bits per heavy atom. The molecule has 544 valence electrons. The van der Waals surface area contributed by atoms with E-state index in [0.29, 0.717) is 6.42 Å². The van der Waals surface area contributed by atoms with Crippen molar-refractivity contribution in [3.05, 3.63) is 12.2 Å². The molecular weight excluding hydrogens is 1180 g/mol. The molecular formula is C73H139NO18. The number of hydrogen-bond acceptors (Lipinski definition) is 18. The molecule has 0 saturated carbocycles. The molecule has 17 atom stereocenters. The largest absolute Gasteiger partial charge is 0.394 e. The van der Waals surface area contributed by atoms with Crippen molar-refractivity contribution in [2.75, 3.05) is 26.4 Å². The van der Waals surface area contributed by atoms with Gasteiger partial charge in [-0.3, -0.25) is 4.79 Å². The summed E-state index contributed by atoms with van der Waals surface area (Å²) in [7, 11) is 0.